The molecule has 1 saturated heterocycles. The Morgan fingerprint density at radius 3 is 3.06 bits per heavy atom. The monoisotopic (exact) mass is 216 g/mol. The quantitative estimate of drug-likeness (QED) is 0.820. The summed E-state index contributed by atoms with van der Waals surface area (Å²) < 4.78 is 0. The van der Waals surface area contributed by atoms with Crippen molar-refractivity contribution in [3.63, 3.8) is 0 Å². The maximum Gasteiger partial charge on any atom is 0.101 e. The highest BCUT2D eigenvalue weighted by Gasteiger charge is 2.26. The highest BCUT2D eigenvalue weighted by atomic mass is 16.3. The van der Waals surface area contributed by atoms with E-state index in [1.54, 1.807) is 0 Å². The number of benzene rings is 1. The van der Waals surface area contributed by atoms with E-state index in [2.05, 4.69) is 11.0 Å². The van der Waals surface area contributed by atoms with E-state index in [0.29, 0.717) is 5.56 Å². The number of aryl methyl sites for hydroxylation is 1. The number of nitriles is 1. The minimum Gasteiger partial charge on any atom is -0.394 e. The normalized spacial score (nSPS) is 19.8. The van der Waals surface area contributed by atoms with E-state index in [1.807, 2.05) is 25.1 Å². The standard InChI is InChI=1S/C13H16N2O/c1-10-4-2-5-11(8-14)13(10)15-7-3-6-12(15)9-16/h2,4-5,12,16H,3,6-7,9H2,1H3. The first kappa shape index (κ1) is 11.0. The molecule has 16 heavy (non-hydrogen) atoms. The zero-order chi connectivity index (χ0) is 11.5. The summed E-state index contributed by atoms with van der Waals surface area (Å²) in [5.41, 5.74) is 2.82. The van der Waals surface area contributed by atoms with Crippen molar-refractivity contribution in [1.82, 2.24) is 0 Å². The van der Waals surface area contributed by atoms with Gasteiger partial charge in [-0.05, 0) is 31.4 Å². The zero-order valence-corrected chi connectivity index (χ0v) is 9.48. The van der Waals surface area contributed by atoms with Crippen LogP contribution in [0.3, 0.4) is 0 Å². The van der Waals surface area contributed by atoms with Crippen molar-refractivity contribution < 1.29 is 5.11 Å². The van der Waals surface area contributed by atoms with Gasteiger partial charge in [-0.15, -0.1) is 0 Å². The van der Waals surface area contributed by atoms with Crippen LogP contribution in [0.1, 0.15) is 24.0 Å². The summed E-state index contributed by atoms with van der Waals surface area (Å²) in [6.07, 6.45) is 2.10. The SMILES string of the molecule is Cc1cccc(C#N)c1N1CCCC1CO. The predicted molar refractivity (Wildman–Crippen MR) is 63.3 cm³/mol. The summed E-state index contributed by atoms with van der Waals surface area (Å²) in [7, 11) is 0. The average molecular weight is 216 g/mol. The van der Waals surface area contributed by atoms with Gasteiger partial charge in [0.25, 0.3) is 0 Å². The summed E-state index contributed by atoms with van der Waals surface area (Å²) in [6, 6.07) is 8.17. The first-order valence-corrected chi connectivity index (χ1v) is 5.65. The molecule has 0 radical (unpaired) electrons. The van der Waals surface area contributed by atoms with Crippen LogP contribution in [-0.2, 0) is 0 Å². The van der Waals surface area contributed by atoms with Gasteiger partial charge in [0, 0.05) is 6.54 Å². The Bertz CT molecular complexity index is 422. The van der Waals surface area contributed by atoms with Crippen molar-refractivity contribution >= 4 is 5.69 Å². The molecule has 1 unspecified atom stereocenters. The molecule has 1 N–H and O–H groups in total. The van der Waals surface area contributed by atoms with Crippen LogP contribution in [0.5, 0.6) is 0 Å². The second-order valence-electron chi connectivity index (χ2n) is 4.25. The van der Waals surface area contributed by atoms with Crippen LogP contribution in [-0.4, -0.2) is 24.3 Å². The highest BCUT2D eigenvalue weighted by Crippen LogP contribution is 2.31. The lowest BCUT2D eigenvalue weighted by Gasteiger charge is -2.27. The second-order valence-corrected chi connectivity index (χ2v) is 4.25. The topological polar surface area (TPSA) is 47.3 Å². The Labute approximate surface area is 95.9 Å². The maximum atomic E-state index is 9.33. The van der Waals surface area contributed by atoms with Gasteiger partial charge in [0.05, 0.1) is 23.9 Å². The second kappa shape index (κ2) is 4.54. The number of hydrogen-bond acceptors (Lipinski definition) is 3. The van der Waals surface area contributed by atoms with Crippen LogP contribution in [0.15, 0.2) is 18.2 Å². The molecule has 84 valence electrons. The fourth-order valence-corrected chi connectivity index (χ4v) is 2.45. The van der Waals surface area contributed by atoms with Gasteiger partial charge < -0.3 is 10.0 Å². The number of nitrogens with zero attached hydrogens (tertiary/aromatic N) is 2. The molecule has 1 aliphatic heterocycles. The van der Waals surface area contributed by atoms with Crippen molar-refractivity contribution in [2.24, 2.45) is 0 Å². The minimum atomic E-state index is 0.166. The van der Waals surface area contributed by atoms with Crippen molar-refractivity contribution in [1.29, 1.82) is 5.26 Å². The van der Waals surface area contributed by atoms with Gasteiger partial charge in [-0.1, -0.05) is 12.1 Å². The van der Waals surface area contributed by atoms with Crippen LogP contribution in [0, 0.1) is 18.3 Å². The molecule has 0 amide bonds. The van der Waals surface area contributed by atoms with E-state index in [1.165, 1.54) is 0 Å². The van der Waals surface area contributed by atoms with Crippen molar-refractivity contribution in [2.75, 3.05) is 18.1 Å². The van der Waals surface area contributed by atoms with Crippen molar-refractivity contribution in [3.8, 4) is 6.07 Å². The summed E-state index contributed by atoms with van der Waals surface area (Å²) in [5, 5.41) is 18.5. The smallest absolute Gasteiger partial charge is 0.101 e. The Morgan fingerprint density at radius 2 is 2.38 bits per heavy atom. The molecule has 1 aliphatic rings. The Morgan fingerprint density at radius 1 is 1.56 bits per heavy atom. The fourth-order valence-electron chi connectivity index (χ4n) is 2.45. The van der Waals surface area contributed by atoms with E-state index < -0.39 is 0 Å². The molecule has 1 aromatic rings. The lowest BCUT2D eigenvalue weighted by atomic mass is 10.1. The third kappa shape index (κ3) is 1.77. The molecule has 3 nitrogen and oxygen atoms in total. The molecule has 0 bridgehead atoms. The lowest BCUT2D eigenvalue weighted by Crippen LogP contribution is -2.33. The molecule has 0 aliphatic carbocycles. The van der Waals surface area contributed by atoms with Crippen molar-refractivity contribution in [3.05, 3.63) is 29.3 Å². The number of para-hydroxylation sites is 1. The third-order valence-corrected chi connectivity index (χ3v) is 3.23. The van der Waals surface area contributed by atoms with Crippen LogP contribution in [0.25, 0.3) is 0 Å². The minimum absolute atomic E-state index is 0.166. The molecule has 0 aromatic heterocycles. The molecule has 0 saturated carbocycles. The fraction of sp³-hybridized carbons (Fsp3) is 0.462. The van der Waals surface area contributed by atoms with Crippen LogP contribution < -0.4 is 4.90 Å². The van der Waals surface area contributed by atoms with Gasteiger partial charge >= 0.3 is 0 Å². The highest BCUT2D eigenvalue weighted by molar-refractivity contribution is 5.65. The Balaban J connectivity index is 2.43. The van der Waals surface area contributed by atoms with E-state index in [9.17, 15) is 5.11 Å². The van der Waals surface area contributed by atoms with Crippen molar-refractivity contribution in [2.45, 2.75) is 25.8 Å². The predicted octanol–water partition coefficient (Wildman–Crippen LogP) is 1.83. The maximum absolute atomic E-state index is 9.33. The van der Waals surface area contributed by atoms with Gasteiger partial charge in [-0.2, -0.15) is 5.26 Å². The first-order chi connectivity index (χ1) is 7.77. The molecular formula is C13H16N2O. The lowest BCUT2D eigenvalue weighted by molar-refractivity contribution is 0.266. The summed E-state index contributed by atoms with van der Waals surface area (Å²) in [5.74, 6) is 0. The van der Waals surface area contributed by atoms with E-state index in [4.69, 9.17) is 5.26 Å². The molecule has 2 rings (SSSR count). The van der Waals surface area contributed by atoms with Gasteiger partial charge in [-0.3, -0.25) is 0 Å². The van der Waals surface area contributed by atoms with Gasteiger partial charge in [0.2, 0.25) is 0 Å². The largest absolute Gasteiger partial charge is 0.394 e. The van der Waals surface area contributed by atoms with Crippen LogP contribution >= 0.6 is 0 Å². The molecular weight excluding hydrogens is 200 g/mol. The van der Waals surface area contributed by atoms with E-state index in [-0.39, 0.29) is 12.6 Å². The van der Waals surface area contributed by atoms with Gasteiger partial charge in [0.1, 0.15) is 6.07 Å². The third-order valence-electron chi connectivity index (χ3n) is 3.23. The van der Waals surface area contributed by atoms with Gasteiger partial charge in [-0.25, -0.2) is 0 Å². The molecule has 1 aromatic carbocycles. The number of aliphatic hydroxyl groups excluding tert-OH is 1. The summed E-state index contributed by atoms with van der Waals surface area (Å²) >= 11 is 0. The van der Waals surface area contributed by atoms with Crippen LogP contribution in [0.2, 0.25) is 0 Å². The molecule has 1 fully saturated rings. The number of rotatable bonds is 2. The number of aliphatic hydroxyl groups is 1. The molecule has 1 heterocycles. The molecule has 3 heteroatoms. The molecule has 1 atom stereocenters. The molecule has 0 spiro atoms. The van der Waals surface area contributed by atoms with Gasteiger partial charge in [0.15, 0.2) is 0 Å². The Kier molecular flexibility index (Phi) is 3.12. The zero-order valence-electron chi connectivity index (χ0n) is 9.48. The average Bonchev–Trinajstić information content (AvgIpc) is 2.76. The summed E-state index contributed by atoms with van der Waals surface area (Å²) in [6.45, 7) is 3.12. The number of anilines is 1. The van der Waals surface area contributed by atoms with E-state index >= 15 is 0 Å². The van der Waals surface area contributed by atoms with Crippen LogP contribution in [0.4, 0.5) is 5.69 Å². The number of hydrogen-bond donors (Lipinski definition) is 1. The summed E-state index contributed by atoms with van der Waals surface area (Å²) in [4.78, 5) is 2.17. The first-order valence-electron chi connectivity index (χ1n) is 5.65. The Hall–Kier alpha value is -1.53. The van der Waals surface area contributed by atoms with E-state index in [0.717, 1.165) is 30.6 Å².